The highest BCUT2D eigenvalue weighted by Crippen LogP contribution is 2.31. The van der Waals surface area contributed by atoms with Crippen LogP contribution in [0.25, 0.3) is 0 Å². The van der Waals surface area contributed by atoms with Crippen LogP contribution < -0.4 is 0 Å². The van der Waals surface area contributed by atoms with Crippen LogP contribution in [0.2, 0.25) is 0 Å². The van der Waals surface area contributed by atoms with E-state index in [1.54, 1.807) is 6.08 Å². The van der Waals surface area contributed by atoms with Crippen LogP contribution in [0.4, 0.5) is 0 Å². The molecule has 0 N–H and O–H groups in total. The summed E-state index contributed by atoms with van der Waals surface area (Å²) in [5.74, 6) is 0.905. The van der Waals surface area contributed by atoms with Gasteiger partial charge in [0.2, 0.25) is 0 Å². The molecule has 17 heavy (non-hydrogen) atoms. The number of ketones is 1. The molecule has 1 saturated heterocycles. The van der Waals surface area contributed by atoms with E-state index < -0.39 is 0 Å². The second-order valence-electron chi connectivity index (χ2n) is 4.53. The number of hydrogen-bond acceptors (Lipinski definition) is 3. The van der Waals surface area contributed by atoms with Gasteiger partial charge in [0.25, 0.3) is 0 Å². The van der Waals surface area contributed by atoms with Gasteiger partial charge in [-0.3, -0.25) is 4.79 Å². The average Bonchev–Trinajstić information content (AvgIpc) is 3.02. The minimum absolute atomic E-state index is 0.0884. The van der Waals surface area contributed by atoms with Crippen molar-refractivity contribution in [3.63, 3.8) is 0 Å². The maximum Gasteiger partial charge on any atom is 0.184 e. The first kappa shape index (κ1) is 12.4. The fourth-order valence-corrected chi connectivity index (χ4v) is 2.18. The highest BCUT2D eigenvalue weighted by molar-refractivity contribution is 6.05. The number of hydrogen-bond donors (Lipinski definition) is 0. The lowest BCUT2D eigenvalue weighted by Gasteiger charge is -2.14. The molecule has 0 radical (unpaired) electrons. The Balaban J connectivity index is 1.92. The van der Waals surface area contributed by atoms with Crippen LogP contribution in [-0.4, -0.2) is 24.6 Å². The van der Waals surface area contributed by atoms with E-state index in [0.717, 1.165) is 37.0 Å². The molecule has 1 aliphatic carbocycles. The molecule has 2 aliphatic rings. The minimum atomic E-state index is 0.0884. The van der Waals surface area contributed by atoms with Gasteiger partial charge in [0, 0.05) is 12.5 Å². The number of rotatable bonds is 5. The Kier molecular flexibility index (Phi) is 4.00. The Labute approximate surface area is 102 Å². The molecule has 1 aliphatic heterocycles. The summed E-state index contributed by atoms with van der Waals surface area (Å²) in [6.07, 6.45) is 7.97. The van der Waals surface area contributed by atoms with Gasteiger partial charge in [-0.1, -0.05) is 13.3 Å². The molecule has 0 saturated carbocycles. The van der Waals surface area contributed by atoms with E-state index in [9.17, 15) is 4.79 Å². The van der Waals surface area contributed by atoms with Crippen LogP contribution in [0.1, 0.15) is 39.5 Å². The lowest BCUT2D eigenvalue weighted by molar-refractivity contribution is -0.112. The Morgan fingerprint density at radius 1 is 1.47 bits per heavy atom. The second kappa shape index (κ2) is 5.50. The van der Waals surface area contributed by atoms with E-state index in [4.69, 9.17) is 9.47 Å². The largest absolute Gasteiger partial charge is 0.498 e. The van der Waals surface area contributed by atoms with Crippen LogP contribution in [0.3, 0.4) is 0 Å². The van der Waals surface area contributed by atoms with Crippen molar-refractivity contribution >= 4 is 5.78 Å². The quantitative estimate of drug-likeness (QED) is 0.544. The molecule has 3 nitrogen and oxygen atoms in total. The first-order valence-corrected chi connectivity index (χ1v) is 6.48. The Hall–Kier alpha value is -1.09. The molecule has 0 bridgehead atoms. The fraction of sp³-hybridized carbons (Fsp3) is 0.643. The summed E-state index contributed by atoms with van der Waals surface area (Å²) in [5.41, 5.74) is 0.886. The third-order valence-electron chi connectivity index (χ3n) is 3.14. The predicted molar refractivity (Wildman–Crippen MR) is 65.6 cm³/mol. The van der Waals surface area contributed by atoms with Crippen molar-refractivity contribution in [3.8, 4) is 0 Å². The lowest BCUT2D eigenvalue weighted by Crippen LogP contribution is -2.10. The van der Waals surface area contributed by atoms with Crippen molar-refractivity contribution < 1.29 is 14.3 Å². The minimum Gasteiger partial charge on any atom is -0.498 e. The van der Waals surface area contributed by atoms with Crippen LogP contribution in [-0.2, 0) is 14.3 Å². The lowest BCUT2D eigenvalue weighted by atomic mass is 9.96. The molecule has 2 atom stereocenters. The summed E-state index contributed by atoms with van der Waals surface area (Å²) in [5, 5.41) is 0. The number of allylic oxidation sites excluding steroid dienone is 3. The Bertz CT molecular complexity index is 354. The Morgan fingerprint density at radius 2 is 2.29 bits per heavy atom. The van der Waals surface area contributed by atoms with Gasteiger partial charge in [-0.15, -0.1) is 0 Å². The average molecular weight is 236 g/mol. The molecule has 94 valence electrons. The van der Waals surface area contributed by atoms with Crippen molar-refractivity contribution in [2.45, 2.75) is 51.7 Å². The van der Waals surface area contributed by atoms with Crippen molar-refractivity contribution in [1.29, 1.82) is 0 Å². The van der Waals surface area contributed by atoms with E-state index in [-0.39, 0.29) is 11.9 Å². The highest BCUT2D eigenvalue weighted by atomic mass is 16.6. The molecule has 0 unspecified atom stereocenters. The highest BCUT2D eigenvalue weighted by Gasteiger charge is 2.36. The predicted octanol–water partition coefficient (Wildman–Crippen LogP) is 2.76. The van der Waals surface area contributed by atoms with E-state index in [1.807, 2.05) is 13.0 Å². The third-order valence-corrected chi connectivity index (χ3v) is 3.14. The number of carbonyl (C=O) groups is 1. The summed E-state index contributed by atoms with van der Waals surface area (Å²) < 4.78 is 10.9. The zero-order chi connectivity index (χ0) is 12.3. The standard InChI is InChI=1S/C14H20O3/c1-3-5-13-14(17-13)8-10-6-7-11(16-4-2)9-12(10)15/h8-9,13-14H,3-7H2,1-2H3/b10-8+/t13-,14-/m0/s1. The third kappa shape index (κ3) is 3.19. The number of ether oxygens (including phenoxy) is 2. The molecule has 0 aromatic heterocycles. The SMILES string of the molecule is CCC[C@@H]1O[C@H]1/C=C1\CCC(OCC)=CC1=O. The van der Waals surface area contributed by atoms with Crippen molar-refractivity contribution in [1.82, 2.24) is 0 Å². The van der Waals surface area contributed by atoms with Gasteiger partial charge in [-0.25, -0.2) is 0 Å². The zero-order valence-electron chi connectivity index (χ0n) is 10.6. The van der Waals surface area contributed by atoms with Crippen LogP contribution >= 0.6 is 0 Å². The molecule has 0 aromatic carbocycles. The topological polar surface area (TPSA) is 38.8 Å². The summed E-state index contributed by atoms with van der Waals surface area (Å²) >= 11 is 0. The monoisotopic (exact) mass is 236 g/mol. The molecule has 1 fully saturated rings. The van der Waals surface area contributed by atoms with E-state index in [1.165, 1.54) is 0 Å². The van der Waals surface area contributed by atoms with Crippen LogP contribution in [0, 0.1) is 0 Å². The summed E-state index contributed by atoms with van der Waals surface area (Å²) in [7, 11) is 0. The maximum atomic E-state index is 11.8. The second-order valence-corrected chi connectivity index (χ2v) is 4.53. The maximum absolute atomic E-state index is 11.8. The van der Waals surface area contributed by atoms with Crippen LogP contribution in [0.15, 0.2) is 23.5 Å². The summed E-state index contributed by atoms with van der Waals surface area (Å²) in [6, 6.07) is 0. The van der Waals surface area contributed by atoms with Gasteiger partial charge in [0.05, 0.1) is 12.7 Å². The van der Waals surface area contributed by atoms with E-state index in [0.29, 0.717) is 12.7 Å². The van der Waals surface area contributed by atoms with Gasteiger partial charge in [0.15, 0.2) is 5.78 Å². The first-order chi connectivity index (χ1) is 8.24. The van der Waals surface area contributed by atoms with Crippen molar-refractivity contribution in [3.05, 3.63) is 23.5 Å². The number of epoxide rings is 1. The molecular weight excluding hydrogens is 216 g/mol. The van der Waals surface area contributed by atoms with Crippen molar-refractivity contribution in [2.75, 3.05) is 6.61 Å². The summed E-state index contributed by atoms with van der Waals surface area (Å²) in [4.78, 5) is 11.8. The molecule has 1 heterocycles. The van der Waals surface area contributed by atoms with Gasteiger partial charge in [0.1, 0.15) is 11.9 Å². The smallest absolute Gasteiger partial charge is 0.184 e. The molecular formula is C14H20O3. The first-order valence-electron chi connectivity index (χ1n) is 6.48. The van der Waals surface area contributed by atoms with Gasteiger partial charge in [-0.05, 0) is 31.4 Å². The molecule has 2 rings (SSSR count). The Morgan fingerprint density at radius 3 is 2.94 bits per heavy atom. The van der Waals surface area contributed by atoms with E-state index >= 15 is 0 Å². The molecule has 3 heteroatoms. The van der Waals surface area contributed by atoms with Gasteiger partial charge < -0.3 is 9.47 Å². The van der Waals surface area contributed by atoms with Gasteiger partial charge in [-0.2, -0.15) is 0 Å². The van der Waals surface area contributed by atoms with E-state index in [2.05, 4.69) is 6.92 Å². The molecule has 0 spiro atoms. The van der Waals surface area contributed by atoms with Gasteiger partial charge >= 0.3 is 0 Å². The normalized spacial score (nSPS) is 30.4. The number of carbonyl (C=O) groups excluding carboxylic acids is 1. The van der Waals surface area contributed by atoms with Crippen LogP contribution in [0.5, 0.6) is 0 Å². The molecule has 0 aromatic rings. The fourth-order valence-electron chi connectivity index (χ4n) is 2.18. The molecule has 0 amide bonds. The summed E-state index contributed by atoms with van der Waals surface area (Å²) in [6.45, 7) is 4.71. The zero-order valence-corrected chi connectivity index (χ0v) is 10.6. The van der Waals surface area contributed by atoms with Crippen molar-refractivity contribution in [2.24, 2.45) is 0 Å².